The third-order valence-electron chi connectivity index (χ3n) is 6.77. The van der Waals surface area contributed by atoms with E-state index in [9.17, 15) is 9.59 Å². The summed E-state index contributed by atoms with van der Waals surface area (Å²) in [5.41, 5.74) is 3.03. The zero-order valence-corrected chi connectivity index (χ0v) is 17.7. The molecular weight excluding hydrogens is 390 g/mol. The molecule has 0 aliphatic heterocycles. The molecule has 2 saturated carbocycles. The average molecular weight is 418 g/mol. The van der Waals surface area contributed by atoms with Crippen molar-refractivity contribution in [3.63, 3.8) is 0 Å². The summed E-state index contributed by atoms with van der Waals surface area (Å²) in [6.45, 7) is 0. The van der Waals surface area contributed by atoms with E-state index in [0.717, 1.165) is 48.8 Å². The quantitative estimate of drug-likeness (QED) is 0.667. The lowest BCUT2D eigenvalue weighted by molar-refractivity contribution is -0.126. The molecule has 2 atom stereocenters. The first kappa shape index (κ1) is 19.8. The first-order chi connectivity index (χ1) is 15.1. The number of amides is 2. The molecule has 2 aromatic carbocycles. The second-order valence-corrected chi connectivity index (χ2v) is 8.78. The third kappa shape index (κ3) is 3.94. The Morgan fingerprint density at radius 3 is 2.52 bits per heavy atom. The van der Waals surface area contributed by atoms with Crippen LogP contribution in [-0.4, -0.2) is 40.8 Å². The topological polar surface area (TPSA) is 75.4 Å². The zero-order valence-electron chi connectivity index (χ0n) is 17.7. The number of oxazole rings is 1. The molecule has 0 unspecified atom stereocenters. The minimum atomic E-state index is -0.0193. The predicted octanol–water partition coefficient (Wildman–Crippen LogP) is 4.40. The molecule has 2 amide bonds. The molecule has 0 spiro atoms. The number of nitrogens with zero attached hydrogens (tertiary/aromatic N) is 2. The number of para-hydroxylation sites is 2. The van der Waals surface area contributed by atoms with Gasteiger partial charge in [0.15, 0.2) is 5.58 Å². The van der Waals surface area contributed by atoms with E-state index in [1.807, 2.05) is 55.6 Å². The largest absolute Gasteiger partial charge is 0.436 e. The van der Waals surface area contributed by atoms with Gasteiger partial charge in [-0.05, 0) is 74.9 Å². The van der Waals surface area contributed by atoms with Gasteiger partial charge in [0.2, 0.25) is 11.8 Å². The van der Waals surface area contributed by atoms with E-state index < -0.39 is 0 Å². The van der Waals surface area contributed by atoms with Crippen LogP contribution in [-0.2, 0) is 4.79 Å². The Bertz CT molecular complexity index is 1070. The van der Waals surface area contributed by atoms with E-state index in [2.05, 4.69) is 10.3 Å². The van der Waals surface area contributed by atoms with E-state index in [1.54, 1.807) is 4.90 Å². The molecule has 0 saturated heterocycles. The first-order valence-corrected chi connectivity index (χ1v) is 11.1. The number of rotatable bonds is 5. The molecule has 2 aliphatic carbocycles. The Labute approximate surface area is 181 Å². The molecule has 6 nitrogen and oxygen atoms in total. The van der Waals surface area contributed by atoms with Crippen molar-refractivity contribution in [1.29, 1.82) is 0 Å². The smallest absolute Gasteiger partial charge is 0.253 e. The molecule has 3 aromatic rings. The second-order valence-electron chi connectivity index (χ2n) is 8.78. The van der Waals surface area contributed by atoms with Crippen molar-refractivity contribution in [2.75, 3.05) is 7.05 Å². The van der Waals surface area contributed by atoms with Gasteiger partial charge in [-0.1, -0.05) is 12.1 Å². The Balaban J connectivity index is 1.23. The van der Waals surface area contributed by atoms with Crippen LogP contribution in [0.2, 0.25) is 0 Å². The molecule has 1 aromatic heterocycles. The minimum Gasteiger partial charge on any atom is -0.436 e. The highest BCUT2D eigenvalue weighted by molar-refractivity contribution is 5.95. The summed E-state index contributed by atoms with van der Waals surface area (Å²) in [6, 6.07) is 15.5. The van der Waals surface area contributed by atoms with Gasteiger partial charge < -0.3 is 14.6 Å². The number of hydrogen-bond acceptors (Lipinski definition) is 4. The SMILES string of the molecule is CN(C(=O)c1ccc(-c2nc3ccccc3o2)cc1)[C@@H]1CC[C@H](C(=O)NC2CCC2)C1. The average Bonchev–Trinajstić information content (AvgIpc) is 3.42. The lowest BCUT2D eigenvalue weighted by atomic mass is 9.92. The van der Waals surface area contributed by atoms with Crippen molar-refractivity contribution in [2.24, 2.45) is 5.92 Å². The van der Waals surface area contributed by atoms with Crippen molar-refractivity contribution in [2.45, 2.75) is 50.6 Å². The van der Waals surface area contributed by atoms with Crippen LogP contribution in [0.25, 0.3) is 22.6 Å². The summed E-state index contributed by atoms with van der Waals surface area (Å²) in [6.07, 6.45) is 5.85. The van der Waals surface area contributed by atoms with E-state index in [1.165, 1.54) is 6.42 Å². The van der Waals surface area contributed by atoms with Crippen LogP contribution in [0.1, 0.15) is 48.9 Å². The molecule has 0 bridgehead atoms. The van der Waals surface area contributed by atoms with Crippen molar-refractivity contribution < 1.29 is 14.0 Å². The fraction of sp³-hybridized carbons (Fsp3) is 0.400. The maximum Gasteiger partial charge on any atom is 0.253 e. The Morgan fingerprint density at radius 1 is 1.03 bits per heavy atom. The lowest BCUT2D eigenvalue weighted by Gasteiger charge is -2.28. The van der Waals surface area contributed by atoms with Crippen molar-refractivity contribution in [1.82, 2.24) is 15.2 Å². The summed E-state index contributed by atoms with van der Waals surface area (Å²) in [5, 5.41) is 3.15. The maximum absolute atomic E-state index is 13.0. The van der Waals surface area contributed by atoms with E-state index in [-0.39, 0.29) is 23.8 Å². The van der Waals surface area contributed by atoms with Crippen LogP contribution in [0.5, 0.6) is 0 Å². The van der Waals surface area contributed by atoms with E-state index in [0.29, 0.717) is 17.5 Å². The molecule has 31 heavy (non-hydrogen) atoms. The number of hydrogen-bond donors (Lipinski definition) is 1. The molecule has 5 rings (SSSR count). The molecule has 2 aliphatic rings. The van der Waals surface area contributed by atoms with Gasteiger partial charge in [-0.3, -0.25) is 9.59 Å². The minimum absolute atomic E-state index is 0.0161. The number of fused-ring (bicyclic) bond motifs is 1. The highest BCUT2D eigenvalue weighted by atomic mass is 16.3. The monoisotopic (exact) mass is 417 g/mol. The maximum atomic E-state index is 13.0. The summed E-state index contributed by atoms with van der Waals surface area (Å²) in [4.78, 5) is 31.8. The van der Waals surface area contributed by atoms with Gasteiger partial charge in [-0.2, -0.15) is 0 Å². The van der Waals surface area contributed by atoms with E-state index in [4.69, 9.17) is 4.42 Å². The predicted molar refractivity (Wildman–Crippen MR) is 118 cm³/mol. The van der Waals surface area contributed by atoms with Gasteiger partial charge in [0.05, 0.1) is 0 Å². The Hall–Kier alpha value is -3.15. The second kappa shape index (κ2) is 8.17. The number of aromatic nitrogens is 1. The zero-order chi connectivity index (χ0) is 21.4. The van der Waals surface area contributed by atoms with Crippen LogP contribution in [0.3, 0.4) is 0 Å². The van der Waals surface area contributed by atoms with Crippen LogP contribution in [0.4, 0.5) is 0 Å². The van der Waals surface area contributed by atoms with E-state index >= 15 is 0 Å². The standard InChI is InChI=1S/C25H27N3O3/c1-28(20-14-13-18(15-20)23(29)26-19-5-4-6-19)25(30)17-11-9-16(10-12-17)24-27-21-7-2-3-8-22(21)31-24/h2-3,7-12,18-20H,4-6,13-15H2,1H3,(H,26,29)/t18-,20+/m0/s1. The number of benzene rings is 2. The third-order valence-corrected chi connectivity index (χ3v) is 6.77. The van der Waals surface area contributed by atoms with Crippen LogP contribution in [0, 0.1) is 5.92 Å². The molecule has 1 heterocycles. The number of carbonyl (C=O) groups excluding carboxylic acids is 2. The molecule has 160 valence electrons. The van der Waals surface area contributed by atoms with Crippen LogP contribution in [0.15, 0.2) is 52.9 Å². The highest BCUT2D eigenvalue weighted by Gasteiger charge is 2.35. The van der Waals surface area contributed by atoms with Gasteiger partial charge in [0, 0.05) is 36.2 Å². The van der Waals surface area contributed by atoms with Crippen LogP contribution < -0.4 is 5.32 Å². The van der Waals surface area contributed by atoms with Crippen LogP contribution >= 0.6 is 0 Å². The molecule has 0 radical (unpaired) electrons. The van der Waals surface area contributed by atoms with Crippen molar-refractivity contribution in [3.05, 3.63) is 54.1 Å². The summed E-state index contributed by atoms with van der Waals surface area (Å²) in [7, 11) is 1.84. The number of carbonyl (C=O) groups is 2. The molecule has 2 fully saturated rings. The van der Waals surface area contributed by atoms with Gasteiger partial charge in [0.1, 0.15) is 5.52 Å². The Morgan fingerprint density at radius 2 is 1.81 bits per heavy atom. The summed E-state index contributed by atoms with van der Waals surface area (Å²) < 4.78 is 5.81. The summed E-state index contributed by atoms with van der Waals surface area (Å²) in [5.74, 6) is 0.706. The molecule has 1 N–H and O–H groups in total. The highest BCUT2D eigenvalue weighted by Crippen LogP contribution is 2.31. The number of nitrogens with one attached hydrogen (secondary N) is 1. The normalized spacial score (nSPS) is 21.1. The Kier molecular flexibility index (Phi) is 5.22. The first-order valence-electron chi connectivity index (χ1n) is 11.1. The molecular formula is C25H27N3O3. The van der Waals surface area contributed by atoms with Crippen molar-refractivity contribution in [3.8, 4) is 11.5 Å². The van der Waals surface area contributed by atoms with Crippen molar-refractivity contribution >= 4 is 22.9 Å². The fourth-order valence-corrected chi connectivity index (χ4v) is 4.54. The fourth-order valence-electron chi connectivity index (χ4n) is 4.54. The van der Waals surface area contributed by atoms with Gasteiger partial charge in [-0.15, -0.1) is 0 Å². The lowest BCUT2D eigenvalue weighted by Crippen LogP contribution is -2.42. The summed E-state index contributed by atoms with van der Waals surface area (Å²) >= 11 is 0. The van der Waals surface area contributed by atoms with Gasteiger partial charge in [0.25, 0.3) is 5.91 Å². The van der Waals surface area contributed by atoms with Gasteiger partial charge >= 0.3 is 0 Å². The molecule has 6 heteroatoms. The van der Waals surface area contributed by atoms with Gasteiger partial charge in [-0.25, -0.2) is 4.98 Å².